The van der Waals surface area contributed by atoms with Crippen molar-refractivity contribution in [3.05, 3.63) is 35.9 Å². The molecule has 2 aliphatic carbocycles. The Balaban J connectivity index is 1.51. The largest absolute Gasteiger partial charge is 0.308 e. The zero-order chi connectivity index (χ0) is 12.4. The summed E-state index contributed by atoms with van der Waals surface area (Å²) >= 11 is 0. The summed E-state index contributed by atoms with van der Waals surface area (Å²) in [7, 11) is 2.26. The molecular formula is C16H24N2. The van der Waals surface area contributed by atoms with E-state index in [9.17, 15) is 0 Å². The number of rotatable bonds is 7. The first-order chi connectivity index (χ1) is 8.84. The fourth-order valence-electron chi connectivity index (χ4n) is 2.74. The van der Waals surface area contributed by atoms with Gasteiger partial charge in [-0.15, -0.1) is 0 Å². The van der Waals surface area contributed by atoms with Crippen LogP contribution < -0.4 is 5.32 Å². The Morgan fingerprint density at radius 3 is 2.50 bits per heavy atom. The van der Waals surface area contributed by atoms with E-state index in [0.29, 0.717) is 6.04 Å². The van der Waals surface area contributed by atoms with Crippen LogP contribution in [-0.4, -0.2) is 31.1 Å². The number of hydrogen-bond acceptors (Lipinski definition) is 2. The average molecular weight is 244 g/mol. The second-order valence-corrected chi connectivity index (χ2v) is 5.89. The summed E-state index contributed by atoms with van der Waals surface area (Å²) in [4.78, 5) is 2.50. The summed E-state index contributed by atoms with van der Waals surface area (Å²) in [5.41, 5.74) is 1.47. The zero-order valence-electron chi connectivity index (χ0n) is 11.3. The van der Waals surface area contributed by atoms with Crippen LogP contribution in [0.15, 0.2) is 30.3 Å². The van der Waals surface area contributed by atoms with Gasteiger partial charge in [-0.1, -0.05) is 30.3 Å². The fraction of sp³-hybridized carbons (Fsp3) is 0.625. The molecule has 0 bridgehead atoms. The molecule has 0 heterocycles. The van der Waals surface area contributed by atoms with Crippen molar-refractivity contribution in [1.29, 1.82) is 0 Å². The van der Waals surface area contributed by atoms with Crippen molar-refractivity contribution in [3.8, 4) is 0 Å². The summed E-state index contributed by atoms with van der Waals surface area (Å²) in [6.45, 7) is 2.30. The number of likely N-dealkylation sites (N-methyl/N-ethyl adjacent to an activating group) is 1. The van der Waals surface area contributed by atoms with Gasteiger partial charge in [0, 0.05) is 25.2 Å². The molecule has 0 aliphatic heterocycles. The Bertz CT molecular complexity index is 368. The van der Waals surface area contributed by atoms with E-state index in [2.05, 4.69) is 47.6 Å². The molecule has 0 saturated heterocycles. The van der Waals surface area contributed by atoms with Gasteiger partial charge in [0.2, 0.25) is 0 Å². The first kappa shape index (κ1) is 12.2. The molecule has 3 rings (SSSR count). The lowest BCUT2D eigenvalue weighted by molar-refractivity contribution is 0.310. The molecule has 1 aromatic rings. The van der Waals surface area contributed by atoms with Crippen LogP contribution in [0.4, 0.5) is 0 Å². The smallest absolute Gasteiger partial charge is 0.0349 e. The van der Waals surface area contributed by atoms with Crippen LogP contribution >= 0.6 is 0 Å². The Morgan fingerprint density at radius 2 is 1.89 bits per heavy atom. The second kappa shape index (κ2) is 5.41. The predicted molar refractivity (Wildman–Crippen MR) is 75.6 cm³/mol. The summed E-state index contributed by atoms with van der Waals surface area (Å²) in [5.74, 6) is 0.874. The molecule has 0 aromatic heterocycles. The number of nitrogens with zero attached hydrogens (tertiary/aromatic N) is 1. The molecule has 18 heavy (non-hydrogen) atoms. The maximum atomic E-state index is 3.77. The van der Waals surface area contributed by atoms with Gasteiger partial charge in [-0.2, -0.15) is 0 Å². The molecule has 2 fully saturated rings. The van der Waals surface area contributed by atoms with Crippen LogP contribution in [0.25, 0.3) is 0 Å². The van der Waals surface area contributed by atoms with E-state index in [1.54, 1.807) is 0 Å². The molecule has 1 aromatic carbocycles. The highest BCUT2D eigenvalue weighted by atomic mass is 15.2. The Labute approximate surface area is 110 Å². The van der Waals surface area contributed by atoms with E-state index in [-0.39, 0.29) is 0 Å². The van der Waals surface area contributed by atoms with Gasteiger partial charge in [-0.3, -0.25) is 0 Å². The molecule has 2 nitrogen and oxygen atoms in total. The van der Waals surface area contributed by atoms with E-state index >= 15 is 0 Å². The molecule has 0 amide bonds. The normalized spacial score (nSPS) is 21.2. The van der Waals surface area contributed by atoms with Gasteiger partial charge in [0.05, 0.1) is 0 Å². The molecule has 2 aliphatic rings. The van der Waals surface area contributed by atoms with Crippen LogP contribution in [0, 0.1) is 5.92 Å². The van der Waals surface area contributed by atoms with Crippen LogP contribution in [0.5, 0.6) is 0 Å². The highest BCUT2D eigenvalue weighted by Gasteiger charge is 2.32. The van der Waals surface area contributed by atoms with Crippen molar-refractivity contribution in [3.63, 3.8) is 0 Å². The summed E-state index contributed by atoms with van der Waals surface area (Å²) in [6, 6.07) is 12.4. The maximum absolute atomic E-state index is 3.77. The van der Waals surface area contributed by atoms with Crippen molar-refractivity contribution in [2.45, 2.75) is 37.8 Å². The highest BCUT2D eigenvalue weighted by molar-refractivity contribution is 5.21. The first-order valence-electron chi connectivity index (χ1n) is 7.33. The van der Waals surface area contributed by atoms with Crippen LogP contribution in [0.2, 0.25) is 0 Å². The SMILES string of the molecule is CN(CCNC(c1ccccc1)C1CC1)C1CC1. The van der Waals surface area contributed by atoms with Crippen molar-refractivity contribution < 1.29 is 0 Å². The van der Waals surface area contributed by atoms with Gasteiger partial charge in [-0.25, -0.2) is 0 Å². The van der Waals surface area contributed by atoms with Crippen LogP contribution in [0.3, 0.4) is 0 Å². The molecule has 2 saturated carbocycles. The molecule has 1 N–H and O–H groups in total. The lowest BCUT2D eigenvalue weighted by atomic mass is 10.0. The summed E-state index contributed by atoms with van der Waals surface area (Å²) in [6.07, 6.45) is 5.60. The Kier molecular flexibility index (Phi) is 3.67. The van der Waals surface area contributed by atoms with E-state index < -0.39 is 0 Å². The van der Waals surface area contributed by atoms with E-state index in [4.69, 9.17) is 0 Å². The van der Waals surface area contributed by atoms with Gasteiger partial charge in [0.1, 0.15) is 0 Å². The molecule has 0 radical (unpaired) electrons. The van der Waals surface area contributed by atoms with Crippen LogP contribution in [-0.2, 0) is 0 Å². The standard InChI is InChI=1S/C16H24N2/c1-18(15-9-10-15)12-11-17-16(14-7-8-14)13-5-3-2-4-6-13/h2-6,14-17H,7-12H2,1H3. The quantitative estimate of drug-likeness (QED) is 0.793. The first-order valence-corrected chi connectivity index (χ1v) is 7.33. The third-order valence-corrected chi connectivity index (χ3v) is 4.25. The highest BCUT2D eigenvalue weighted by Crippen LogP contribution is 2.40. The Hall–Kier alpha value is -0.860. The third kappa shape index (κ3) is 3.12. The molecule has 1 unspecified atom stereocenters. The summed E-state index contributed by atoms with van der Waals surface area (Å²) in [5, 5.41) is 3.77. The van der Waals surface area contributed by atoms with Gasteiger partial charge in [-0.05, 0) is 44.2 Å². The predicted octanol–water partition coefficient (Wildman–Crippen LogP) is 2.82. The molecule has 1 atom stereocenters. The maximum Gasteiger partial charge on any atom is 0.0349 e. The summed E-state index contributed by atoms with van der Waals surface area (Å²) < 4.78 is 0. The van der Waals surface area contributed by atoms with Gasteiger partial charge in [0.25, 0.3) is 0 Å². The number of hydrogen-bond donors (Lipinski definition) is 1. The molecular weight excluding hydrogens is 220 g/mol. The molecule has 98 valence electrons. The fourth-order valence-corrected chi connectivity index (χ4v) is 2.74. The minimum atomic E-state index is 0.582. The topological polar surface area (TPSA) is 15.3 Å². The van der Waals surface area contributed by atoms with Crippen molar-refractivity contribution in [2.24, 2.45) is 5.92 Å². The van der Waals surface area contributed by atoms with Gasteiger partial charge >= 0.3 is 0 Å². The van der Waals surface area contributed by atoms with Gasteiger partial charge < -0.3 is 10.2 Å². The lowest BCUT2D eigenvalue weighted by Gasteiger charge is -2.21. The van der Waals surface area contributed by atoms with E-state index in [0.717, 1.165) is 18.5 Å². The minimum Gasteiger partial charge on any atom is -0.308 e. The molecule has 2 heteroatoms. The molecule has 0 spiro atoms. The zero-order valence-corrected chi connectivity index (χ0v) is 11.3. The average Bonchev–Trinajstić information content (AvgIpc) is 3.28. The van der Waals surface area contributed by atoms with Crippen LogP contribution in [0.1, 0.15) is 37.3 Å². The van der Waals surface area contributed by atoms with E-state index in [1.165, 1.54) is 37.8 Å². The van der Waals surface area contributed by atoms with Crippen molar-refractivity contribution in [1.82, 2.24) is 10.2 Å². The third-order valence-electron chi connectivity index (χ3n) is 4.25. The number of benzene rings is 1. The van der Waals surface area contributed by atoms with Crippen molar-refractivity contribution >= 4 is 0 Å². The minimum absolute atomic E-state index is 0.582. The monoisotopic (exact) mass is 244 g/mol. The van der Waals surface area contributed by atoms with Gasteiger partial charge in [0.15, 0.2) is 0 Å². The second-order valence-electron chi connectivity index (χ2n) is 5.89. The lowest BCUT2D eigenvalue weighted by Crippen LogP contribution is -2.33. The number of nitrogens with one attached hydrogen (secondary N) is 1. The van der Waals surface area contributed by atoms with Crippen molar-refractivity contribution in [2.75, 3.05) is 20.1 Å². The Morgan fingerprint density at radius 1 is 1.17 bits per heavy atom. The van der Waals surface area contributed by atoms with E-state index in [1.807, 2.05) is 0 Å².